The van der Waals surface area contributed by atoms with Crippen LogP contribution in [0.4, 0.5) is 0 Å². The number of allylic oxidation sites excluding steroid dienone is 4. The van der Waals surface area contributed by atoms with Gasteiger partial charge in [-0.05, 0) is 12.8 Å². The van der Waals surface area contributed by atoms with E-state index in [0.717, 1.165) is 12.8 Å². The van der Waals surface area contributed by atoms with Crippen molar-refractivity contribution in [2.45, 2.75) is 12.8 Å². The summed E-state index contributed by atoms with van der Waals surface area (Å²) in [5.74, 6) is 0.508. The Labute approximate surface area is 65.2 Å². The fraction of sp³-hybridized carbons (Fsp3) is 0.444. The molecular weight excluding hydrogens is 140 g/mol. The van der Waals surface area contributed by atoms with Gasteiger partial charge in [0, 0.05) is 17.9 Å². The summed E-state index contributed by atoms with van der Waals surface area (Å²) in [5.41, 5.74) is 0. The minimum absolute atomic E-state index is 0.0417. The number of aliphatic hydroxyl groups excluding tert-OH is 1. The largest absolute Gasteiger partial charge is 0.512 e. The zero-order valence-electron chi connectivity index (χ0n) is 6.16. The molecule has 0 saturated heterocycles. The van der Waals surface area contributed by atoms with Crippen molar-refractivity contribution in [2.75, 3.05) is 0 Å². The summed E-state index contributed by atoms with van der Waals surface area (Å²) in [4.78, 5) is 11.1. The molecule has 0 aromatic rings. The smallest absolute Gasteiger partial charge is 0.163 e. The highest BCUT2D eigenvalue weighted by Gasteiger charge is 2.35. The Morgan fingerprint density at radius 2 is 1.91 bits per heavy atom. The monoisotopic (exact) mass is 150 g/mol. The molecule has 2 nitrogen and oxygen atoms in total. The number of hydrogen-bond donors (Lipinski definition) is 1. The van der Waals surface area contributed by atoms with Crippen molar-refractivity contribution in [2.24, 2.45) is 11.8 Å². The van der Waals surface area contributed by atoms with Crippen molar-refractivity contribution in [1.82, 2.24) is 0 Å². The Morgan fingerprint density at radius 3 is 2.55 bits per heavy atom. The van der Waals surface area contributed by atoms with E-state index in [-0.39, 0.29) is 23.4 Å². The predicted octanol–water partition coefficient (Wildman–Crippen LogP) is 1.59. The lowest BCUT2D eigenvalue weighted by Gasteiger charge is -2.19. The standard InChI is InChI=1S/C9H10O2/c10-8-5-9(11)7-4-2-1-3-6(7)8/h1-2,5-7,10H,3-4H2. The van der Waals surface area contributed by atoms with Gasteiger partial charge in [0.25, 0.3) is 0 Å². The summed E-state index contributed by atoms with van der Waals surface area (Å²) in [6, 6.07) is 0. The Kier molecular flexibility index (Phi) is 1.34. The summed E-state index contributed by atoms with van der Waals surface area (Å²) < 4.78 is 0. The molecule has 2 aliphatic rings. The molecule has 2 atom stereocenters. The Hall–Kier alpha value is -1.05. The van der Waals surface area contributed by atoms with Crippen LogP contribution in [0.25, 0.3) is 0 Å². The van der Waals surface area contributed by atoms with Gasteiger partial charge in [-0.25, -0.2) is 0 Å². The fourth-order valence-corrected chi connectivity index (χ4v) is 1.82. The van der Waals surface area contributed by atoms with E-state index in [0.29, 0.717) is 0 Å². The molecule has 11 heavy (non-hydrogen) atoms. The van der Waals surface area contributed by atoms with E-state index in [1.54, 1.807) is 0 Å². The zero-order chi connectivity index (χ0) is 7.84. The lowest BCUT2D eigenvalue weighted by atomic mass is 9.84. The lowest BCUT2D eigenvalue weighted by molar-refractivity contribution is -0.118. The summed E-state index contributed by atoms with van der Waals surface area (Å²) in [5, 5.41) is 9.30. The number of hydrogen-bond acceptors (Lipinski definition) is 2. The molecule has 58 valence electrons. The van der Waals surface area contributed by atoms with Crippen LogP contribution in [0.3, 0.4) is 0 Å². The molecule has 2 heteroatoms. The van der Waals surface area contributed by atoms with E-state index in [1.165, 1.54) is 6.08 Å². The highest BCUT2D eigenvalue weighted by molar-refractivity contribution is 5.95. The third kappa shape index (κ3) is 0.897. The van der Waals surface area contributed by atoms with Gasteiger partial charge >= 0.3 is 0 Å². The molecule has 0 saturated carbocycles. The van der Waals surface area contributed by atoms with E-state index < -0.39 is 0 Å². The van der Waals surface area contributed by atoms with E-state index in [9.17, 15) is 9.90 Å². The quantitative estimate of drug-likeness (QED) is 0.532. The minimum atomic E-state index is 0.0417. The SMILES string of the molecule is O=C1C=C(O)C2CC=CCC12. The summed E-state index contributed by atoms with van der Waals surface area (Å²) in [6.07, 6.45) is 7.04. The van der Waals surface area contributed by atoms with Crippen LogP contribution in [0.2, 0.25) is 0 Å². The van der Waals surface area contributed by atoms with Crippen LogP contribution >= 0.6 is 0 Å². The maximum atomic E-state index is 11.1. The van der Waals surface area contributed by atoms with Gasteiger partial charge in [0.2, 0.25) is 0 Å². The van der Waals surface area contributed by atoms with Crippen molar-refractivity contribution in [3.05, 3.63) is 24.0 Å². The second-order valence-corrected chi connectivity index (χ2v) is 3.13. The molecule has 0 heterocycles. The second-order valence-electron chi connectivity index (χ2n) is 3.13. The third-order valence-electron chi connectivity index (χ3n) is 2.47. The first kappa shape index (κ1) is 6.65. The maximum Gasteiger partial charge on any atom is 0.163 e. The van der Waals surface area contributed by atoms with Crippen LogP contribution in [-0.2, 0) is 4.79 Å². The molecule has 2 rings (SSSR count). The van der Waals surface area contributed by atoms with E-state index in [1.807, 2.05) is 12.2 Å². The molecule has 1 N–H and O–H groups in total. The summed E-state index contributed by atoms with van der Waals surface area (Å²) in [7, 11) is 0. The molecule has 2 aliphatic carbocycles. The van der Waals surface area contributed by atoms with Gasteiger partial charge in [-0.15, -0.1) is 0 Å². The van der Waals surface area contributed by atoms with Crippen molar-refractivity contribution in [3.8, 4) is 0 Å². The Balaban J connectivity index is 2.29. The number of aliphatic hydroxyl groups is 1. The van der Waals surface area contributed by atoms with Crippen molar-refractivity contribution in [3.63, 3.8) is 0 Å². The fourth-order valence-electron chi connectivity index (χ4n) is 1.82. The summed E-state index contributed by atoms with van der Waals surface area (Å²) in [6.45, 7) is 0. The highest BCUT2D eigenvalue weighted by Crippen LogP contribution is 2.36. The molecule has 0 fully saturated rings. The molecule has 0 bridgehead atoms. The number of rotatable bonds is 0. The van der Waals surface area contributed by atoms with E-state index in [2.05, 4.69) is 0 Å². The molecular formula is C9H10O2. The molecule has 2 unspecified atom stereocenters. The van der Waals surface area contributed by atoms with E-state index in [4.69, 9.17) is 0 Å². The van der Waals surface area contributed by atoms with Crippen LogP contribution in [0.5, 0.6) is 0 Å². The zero-order valence-corrected chi connectivity index (χ0v) is 6.16. The topological polar surface area (TPSA) is 37.3 Å². The van der Waals surface area contributed by atoms with Crippen LogP contribution < -0.4 is 0 Å². The number of fused-ring (bicyclic) bond motifs is 1. The van der Waals surface area contributed by atoms with Crippen molar-refractivity contribution < 1.29 is 9.90 Å². The van der Waals surface area contributed by atoms with Crippen molar-refractivity contribution in [1.29, 1.82) is 0 Å². The number of carbonyl (C=O) groups excluding carboxylic acids is 1. The molecule has 0 spiro atoms. The number of ketones is 1. The molecule has 0 radical (unpaired) electrons. The average molecular weight is 150 g/mol. The van der Waals surface area contributed by atoms with Crippen LogP contribution in [0, 0.1) is 11.8 Å². The minimum Gasteiger partial charge on any atom is -0.512 e. The summed E-state index contributed by atoms with van der Waals surface area (Å²) >= 11 is 0. The van der Waals surface area contributed by atoms with Gasteiger partial charge in [-0.2, -0.15) is 0 Å². The highest BCUT2D eigenvalue weighted by atomic mass is 16.3. The van der Waals surface area contributed by atoms with Crippen LogP contribution in [0.15, 0.2) is 24.0 Å². The average Bonchev–Trinajstić information content (AvgIpc) is 2.30. The molecule has 0 amide bonds. The number of carbonyl (C=O) groups is 1. The van der Waals surface area contributed by atoms with Gasteiger partial charge in [0.05, 0.1) is 5.76 Å². The van der Waals surface area contributed by atoms with Gasteiger partial charge in [-0.1, -0.05) is 12.2 Å². The molecule has 0 aromatic heterocycles. The lowest BCUT2D eigenvalue weighted by Crippen LogP contribution is -2.18. The van der Waals surface area contributed by atoms with Crippen LogP contribution in [0.1, 0.15) is 12.8 Å². The third-order valence-corrected chi connectivity index (χ3v) is 2.47. The first-order valence-corrected chi connectivity index (χ1v) is 3.88. The van der Waals surface area contributed by atoms with Crippen molar-refractivity contribution >= 4 is 5.78 Å². The van der Waals surface area contributed by atoms with Gasteiger partial charge in [0.1, 0.15) is 0 Å². The Bertz CT molecular complexity index is 250. The molecule has 0 aromatic carbocycles. The molecule has 0 aliphatic heterocycles. The first-order valence-electron chi connectivity index (χ1n) is 3.88. The van der Waals surface area contributed by atoms with Gasteiger partial charge in [0.15, 0.2) is 5.78 Å². The second kappa shape index (κ2) is 2.22. The normalized spacial score (nSPS) is 35.3. The first-order chi connectivity index (χ1) is 5.29. The van der Waals surface area contributed by atoms with Crippen LogP contribution in [-0.4, -0.2) is 10.9 Å². The maximum absolute atomic E-state index is 11.1. The van der Waals surface area contributed by atoms with Gasteiger partial charge in [-0.3, -0.25) is 4.79 Å². The van der Waals surface area contributed by atoms with E-state index >= 15 is 0 Å². The Morgan fingerprint density at radius 1 is 1.27 bits per heavy atom. The van der Waals surface area contributed by atoms with Gasteiger partial charge < -0.3 is 5.11 Å². The predicted molar refractivity (Wildman–Crippen MR) is 41.1 cm³/mol.